The van der Waals surface area contributed by atoms with Crippen LogP contribution in [0.4, 0.5) is 5.69 Å². The Kier molecular flexibility index (Phi) is 5.80. The van der Waals surface area contributed by atoms with Crippen molar-refractivity contribution in [2.75, 3.05) is 19.5 Å². The first kappa shape index (κ1) is 15.8. The summed E-state index contributed by atoms with van der Waals surface area (Å²) < 4.78 is 10.3. The molecule has 1 aromatic heterocycles. The second-order valence-electron chi connectivity index (χ2n) is 3.76. The van der Waals surface area contributed by atoms with Crippen LogP contribution in [0, 0.1) is 0 Å². The third kappa shape index (κ3) is 3.61. The van der Waals surface area contributed by atoms with E-state index in [0.717, 1.165) is 0 Å². The van der Waals surface area contributed by atoms with Crippen LogP contribution in [0.15, 0.2) is 42.7 Å². The van der Waals surface area contributed by atoms with E-state index >= 15 is 0 Å². The summed E-state index contributed by atoms with van der Waals surface area (Å²) in [4.78, 5) is 15.8. The molecule has 1 amide bonds. The van der Waals surface area contributed by atoms with Crippen LogP contribution in [0.3, 0.4) is 0 Å². The molecule has 6 heteroatoms. The van der Waals surface area contributed by atoms with Gasteiger partial charge in [-0.2, -0.15) is 0 Å². The van der Waals surface area contributed by atoms with Crippen LogP contribution in [0.5, 0.6) is 11.5 Å². The van der Waals surface area contributed by atoms with Crippen LogP contribution in [-0.2, 0) is 0 Å². The van der Waals surface area contributed by atoms with Gasteiger partial charge in [-0.25, -0.2) is 0 Å². The molecule has 2 rings (SSSR count). The van der Waals surface area contributed by atoms with E-state index in [1.807, 2.05) is 0 Å². The first-order valence-corrected chi connectivity index (χ1v) is 5.68. The second kappa shape index (κ2) is 7.35. The number of benzene rings is 1. The van der Waals surface area contributed by atoms with E-state index in [2.05, 4.69) is 10.3 Å². The number of methoxy groups -OCH3 is 2. The fraction of sp³-hybridized carbons (Fsp3) is 0.143. The Balaban J connectivity index is 0.00000200. The molecule has 2 aromatic rings. The lowest BCUT2D eigenvalue weighted by Crippen LogP contribution is -2.11. The number of rotatable bonds is 4. The normalized spacial score (nSPS) is 9.30. The van der Waals surface area contributed by atoms with Crippen LogP contribution < -0.4 is 14.8 Å². The number of ether oxygens (including phenoxy) is 2. The molecule has 20 heavy (non-hydrogen) atoms. The first-order valence-electron chi connectivity index (χ1n) is 5.68. The zero-order chi connectivity index (χ0) is 13.7. The van der Waals surface area contributed by atoms with Gasteiger partial charge in [-0.1, -0.05) is 0 Å². The minimum absolute atomic E-state index is 0. The molecule has 0 aliphatic carbocycles. The second-order valence-corrected chi connectivity index (χ2v) is 3.76. The highest BCUT2D eigenvalue weighted by Gasteiger charge is 2.08. The topological polar surface area (TPSA) is 60.5 Å². The smallest absolute Gasteiger partial charge is 0.255 e. The van der Waals surface area contributed by atoms with Gasteiger partial charge in [-0.3, -0.25) is 9.78 Å². The standard InChI is InChI=1S/C14H14N2O3.ClH/c1-18-12-4-3-11(9-13(12)19-2)16-14(17)10-5-7-15-8-6-10;/h3-9H,1-2H3,(H,16,17);1H. The van der Waals surface area contributed by atoms with Gasteiger partial charge >= 0.3 is 0 Å². The molecule has 0 fully saturated rings. The summed E-state index contributed by atoms with van der Waals surface area (Å²) in [5.74, 6) is 0.981. The van der Waals surface area contributed by atoms with Crippen molar-refractivity contribution in [3.8, 4) is 11.5 Å². The quantitative estimate of drug-likeness (QED) is 0.942. The number of carbonyl (C=O) groups is 1. The molecule has 106 valence electrons. The van der Waals surface area contributed by atoms with Gasteiger partial charge in [0, 0.05) is 29.7 Å². The molecule has 0 saturated heterocycles. The van der Waals surface area contributed by atoms with E-state index in [9.17, 15) is 4.79 Å². The lowest BCUT2D eigenvalue weighted by molar-refractivity contribution is 0.102. The van der Waals surface area contributed by atoms with E-state index < -0.39 is 0 Å². The number of carbonyl (C=O) groups excluding carboxylic acids is 1. The minimum atomic E-state index is -0.199. The summed E-state index contributed by atoms with van der Waals surface area (Å²) in [6.07, 6.45) is 3.15. The average Bonchev–Trinajstić information content (AvgIpc) is 2.48. The van der Waals surface area contributed by atoms with Gasteiger partial charge in [-0.05, 0) is 24.3 Å². The van der Waals surface area contributed by atoms with E-state index in [1.165, 1.54) is 0 Å². The molecule has 0 spiro atoms. The van der Waals surface area contributed by atoms with Crippen molar-refractivity contribution in [2.45, 2.75) is 0 Å². The third-order valence-corrected chi connectivity index (χ3v) is 2.58. The van der Waals surface area contributed by atoms with Crippen molar-refractivity contribution in [1.82, 2.24) is 4.98 Å². The molecule has 0 bridgehead atoms. The van der Waals surface area contributed by atoms with Crippen LogP contribution in [0.25, 0.3) is 0 Å². The summed E-state index contributed by atoms with van der Waals surface area (Å²) in [5, 5.41) is 2.78. The SMILES string of the molecule is COc1ccc(NC(=O)c2ccncc2)cc1OC.Cl. The number of hydrogen-bond donors (Lipinski definition) is 1. The predicted molar refractivity (Wildman–Crippen MR) is 79.0 cm³/mol. The summed E-state index contributed by atoms with van der Waals surface area (Å²) in [6, 6.07) is 8.49. The maximum Gasteiger partial charge on any atom is 0.255 e. The number of anilines is 1. The van der Waals surface area contributed by atoms with Gasteiger partial charge in [0.15, 0.2) is 11.5 Å². The Morgan fingerprint density at radius 2 is 1.70 bits per heavy atom. The van der Waals surface area contributed by atoms with Crippen molar-refractivity contribution >= 4 is 24.0 Å². The van der Waals surface area contributed by atoms with Crippen molar-refractivity contribution in [3.63, 3.8) is 0 Å². The molecular formula is C14H15ClN2O3. The Morgan fingerprint density at radius 1 is 1.05 bits per heavy atom. The number of aromatic nitrogens is 1. The number of hydrogen-bond acceptors (Lipinski definition) is 4. The highest BCUT2D eigenvalue weighted by atomic mass is 35.5. The zero-order valence-corrected chi connectivity index (χ0v) is 11.9. The fourth-order valence-corrected chi connectivity index (χ4v) is 1.62. The van der Waals surface area contributed by atoms with Crippen molar-refractivity contribution in [3.05, 3.63) is 48.3 Å². The maximum atomic E-state index is 12.0. The first-order chi connectivity index (χ1) is 9.24. The summed E-state index contributed by atoms with van der Waals surface area (Å²) in [7, 11) is 3.11. The largest absolute Gasteiger partial charge is 0.493 e. The molecule has 5 nitrogen and oxygen atoms in total. The number of pyridine rings is 1. The van der Waals surface area contributed by atoms with Crippen LogP contribution in [0.1, 0.15) is 10.4 Å². The fourth-order valence-electron chi connectivity index (χ4n) is 1.62. The van der Waals surface area contributed by atoms with Crippen molar-refractivity contribution in [1.29, 1.82) is 0 Å². The molecule has 0 radical (unpaired) electrons. The van der Waals surface area contributed by atoms with Gasteiger partial charge in [0.25, 0.3) is 5.91 Å². The van der Waals surface area contributed by atoms with Crippen molar-refractivity contribution in [2.24, 2.45) is 0 Å². The van der Waals surface area contributed by atoms with Gasteiger partial charge in [-0.15, -0.1) is 12.4 Å². The van der Waals surface area contributed by atoms with Gasteiger partial charge in [0.05, 0.1) is 14.2 Å². The Hall–Kier alpha value is -2.27. The van der Waals surface area contributed by atoms with Crippen LogP contribution in [-0.4, -0.2) is 25.1 Å². The van der Waals surface area contributed by atoms with E-state index in [-0.39, 0.29) is 18.3 Å². The van der Waals surface area contributed by atoms with Crippen molar-refractivity contribution < 1.29 is 14.3 Å². The number of amides is 1. The highest BCUT2D eigenvalue weighted by molar-refractivity contribution is 6.04. The number of nitrogens with zero attached hydrogens (tertiary/aromatic N) is 1. The number of nitrogens with one attached hydrogen (secondary N) is 1. The molecule has 0 unspecified atom stereocenters. The molecular weight excluding hydrogens is 280 g/mol. The summed E-state index contributed by atoms with van der Waals surface area (Å²) >= 11 is 0. The van der Waals surface area contributed by atoms with Gasteiger partial charge in [0.1, 0.15) is 0 Å². The third-order valence-electron chi connectivity index (χ3n) is 2.58. The Bertz CT molecular complexity index is 576. The van der Waals surface area contributed by atoms with Gasteiger partial charge in [0.2, 0.25) is 0 Å². The monoisotopic (exact) mass is 294 g/mol. The maximum absolute atomic E-state index is 12.0. The highest BCUT2D eigenvalue weighted by Crippen LogP contribution is 2.29. The molecule has 0 aliphatic rings. The molecule has 1 heterocycles. The zero-order valence-electron chi connectivity index (χ0n) is 11.1. The average molecular weight is 295 g/mol. The molecule has 0 aliphatic heterocycles. The molecule has 1 N–H and O–H groups in total. The van der Waals surface area contributed by atoms with E-state index in [1.54, 1.807) is 56.9 Å². The lowest BCUT2D eigenvalue weighted by atomic mass is 10.2. The van der Waals surface area contributed by atoms with Crippen LogP contribution >= 0.6 is 12.4 Å². The lowest BCUT2D eigenvalue weighted by Gasteiger charge is -2.10. The molecule has 0 atom stereocenters. The van der Waals surface area contributed by atoms with Crippen LogP contribution in [0.2, 0.25) is 0 Å². The summed E-state index contributed by atoms with van der Waals surface area (Å²) in [5.41, 5.74) is 1.18. The van der Waals surface area contributed by atoms with Gasteiger partial charge < -0.3 is 14.8 Å². The predicted octanol–water partition coefficient (Wildman–Crippen LogP) is 2.77. The Morgan fingerprint density at radius 3 is 2.30 bits per heavy atom. The minimum Gasteiger partial charge on any atom is -0.493 e. The summed E-state index contributed by atoms with van der Waals surface area (Å²) in [6.45, 7) is 0. The van der Waals surface area contributed by atoms with E-state index in [0.29, 0.717) is 22.7 Å². The molecule has 1 aromatic carbocycles. The van der Waals surface area contributed by atoms with E-state index in [4.69, 9.17) is 9.47 Å². The number of halogens is 1. The Labute approximate surface area is 123 Å². The molecule has 0 saturated carbocycles.